The van der Waals surface area contributed by atoms with Gasteiger partial charge in [-0.15, -0.1) is 11.3 Å². The van der Waals surface area contributed by atoms with E-state index in [0.29, 0.717) is 21.8 Å². The molecular formula is C21H16N4OS. The van der Waals surface area contributed by atoms with Crippen LogP contribution in [0.2, 0.25) is 0 Å². The molecule has 132 valence electrons. The van der Waals surface area contributed by atoms with E-state index in [4.69, 9.17) is 0 Å². The molecule has 0 bridgehead atoms. The van der Waals surface area contributed by atoms with Gasteiger partial charge < -0.3 is 0 Å². The van der Waals surface area contributed by atoms with Crippen molar-refractivity contribution in [3.8, 4) is 11.8 Å². The smallest absolute Gasteiger partial charge is 0.274 e. The molecule has 2 aromatic carbocycles. The van der Waals surface area contributed by atoms with Crippen molar-refractivity contribution in [3.63, 3.8) is 0 Å². The molecule has 0 fully saturated rings. The summed E-state index contributed by atoms with van der Waals surface area (Å²) >= 11 is 1.47. The first-order valence-electron chi connectivity index (χ1n) is 8.42. The summed E-state index contributed by atoms with van der Waals surface area (Å²) in [7, 11) is 1.82. The van der Waals surface area contributed by atoms with E-state index in [2.05, 4.69) is 11.1 Å². The van der Waals surface area contributed by atoms with Crippen LogP contribution in [0.25, 0.3) is 27.6 Å². The Morgan fingerprint density at radius 2 is 1.85 bits per heavy atom. The van der Waals surface area contributed by atoms with E-state index >= 15 is 0 Å². The number of rotatable bonds is 3. The Morgan fingerprint density at radius 1 is 1.15 bits per heavy atom. The Morgan fingerprint density at radius 3 is 2.56 bits per heavy atom. The first kappa shape index (κ1) is 17.0. The third-order valence-corrected chi connectivity index (χ3v) is 5.54. The van der Waals surface area contributed by atoms with Crippen molar-refractivity contribution in [1.29, 1.82) is 5.26 Å². The fourth-order valence-electron chi connectivity index (χ4n) is 3.08. The fourth-order valence-corrected chi connectivity index (χ4v) is 4.01. The Balaban J connectivity index is 1.88. The number of thiazole rings is 1. The SMILES string of the molecule is Cc1c(C=C(C#N)c2nc3ccccc3s2)n(C)n(-c2ccccc2)c1=O. The molecule has 4 aromatic rings. The molecule has 5 nitrogen and oxygen atoms in total. The van der Waals surface area contributed by atoms with E-state index in [1.807, 2.05) is 61.6 Å². The Hall–Kier alpha value is -3.43. The Kier molecular flexibility index (Phi) is 4.22. The largest absolute Gasteiger partial charge is 0.281 e. The monoisotopic (exact) mass is 372 g/mol. The number of aromatic nitrogens is 3. The normalized spacial score (nSPS) is 11.7. The topological polar surface area (TPSA) is 63.6 Å². The molecule has 0 aliphatic rings. The van der Waals surface area contributed by atoms with Crippen LogP contribution in [0.4, 0.5) is 0 Å². The highest BCUT2D eigenvalue weighted by Gasteiger charge is 2.16. The summed E-state index contributed by atoms with van der Waals surface area (Å²) in [4.78, 5) is 17.3. The third-order valence-electron chi connectivity index (χ3n) is 4.47. The number of nitrogens with zero attached hydrogens (tertiary/aromatic N) is 4. The second-order valence-electron chi connectivity index (χ2n) is 6.14. The average Bonchev–Trinajstić information content (AvgIpc) is 3.21. The maximum Gasteiger partial charge on any atom is 0.274 e. The molecule has 0 saturated heterocycles. The molecule has 0 saturated carbocycles. The maximum absolute atomic E-state index is 12.8. The lowest BCUT2D eigenvalue weighted by Crippen LogP contribution is -2.20. The van der Waals surface area contributed by atoms with Gasteiger partial charge >= 0.3 is 0 Å². The third kappa shape index (κ3) is 2.88. The van der Waals surface area contributed by atoms with Crippen LogP contribution in [0.5, 0.6) is 0 Å². The van der Waals surface area contributed by atoms with Gasteiger partial charge in [-0.25, -0.2) is 9.67 Å². The van der Waals surface area contributed by atoms with E-state index in [1.165, 1.54) is 11.3 Å². The van der Waals surface area contributed by atoms with Crippen molar-refractivity contribution in [3.05, 3.63) is 81.2 Å². The standard InChI is InChI=1S/C21H16N4OS/c1-14-18(24(2)25(21(14)26)16-8-4-3-5-9-16)12-15(13-22)20-23-17-10-6-7-11-19(17)27-20/h3-12H,1-2H3. The lowest BCUT2D eigenvalue weighted by atomic mass is 10.2. The van der Waals surface area contributed by atoms with Gasteiger partial charge in [0.25, 0.3) is 5.56 Å². The van der Waals surface area contributed by atoms with Crippen LogP contribution in [0.15, 0.2) is 59.4 Å². The number of allylic oxidation sites excluding steroid dienone is 1. The minimum absolute atomic E-state index is 0.100. The highest BCUT2D eigenvalue weighted by molar-refractivity contribution is 7.19. The molecule has 0 unspecified atom stereocenters. The predicted molar refractivity (Wildman–Crippen MR) is 109 cm³/mol. The maximum atomic E-state index is 12.8. The van der Waals surface area contributed by atoms with Gasteiger partial charge in [-0.1, -0.05) is 30.3 Å². The molecule has 0 radical (unpaired) electrons. The fraction of sp³-hybridized carbons (Fsp3) is 0.0952. The van der Waals surface area contributed by atoms with Crippen molar-refractivity contribution in [2.45, 2.75) is 6.92 Å². The van der Waals surface area contributed by atoms with Gasteiger partial charge in [-0.05, 0) is 37.3 Å². The van der Waals surface area contributed by atoms with E-state index in [1.54, 1.807) is 22.4 Å². The Bertz CT molecular complexity index is 1240. The summed E-state index contributed by atoms with van der Waals surface area (Å²) in [6.45, 7) is 1.78. The molecule has 4 rings (SSSR count). The van der Waals surface area contributed by atoms with Crippen LogP contribution in [-0.4, -0.2) is 14.3 Å². The van der Waals surface area contributed by atoms with Crippen molar-refractivity contribution in [1.82, 2.24) is 14.3 Å². The number of hydrogen-bond acceptors (Lipinski definition) is 4. The molecule has 6 heteroatoms. The van der Waals surface area contributed by atoms with Crippen molar-refractivity contribution < 1.29 is 0 Å². The molecule has 0 amide bonds. The van der Waals surface area contributed by atoms with Gasteiger partial charge in [0.05, 0.1) is 27.2 Å². The van der Waals surface area contributed by atoms with Crippen molar-refractivity contribution >= 4 is 33.2 Å². The first-order valence-corrected chi connectivity index (χ1v) is 9.23. The number of fused-ring (bicyclic) bond motifs is 1. The summed E-state index contributed by atoms with van der Waals surface area (Å²) in [6.07, 6.45) is 1.74. The van der Waals surface area contributed by atoms with Crippen LogP contribution in [0, 0.1) is 18.3 Å². The van der Waals surface area contributed by atoms with Gasteiger partial charge in [0, 0.05) is 12.6 Å². The summed E-state index contributed by atoms with van der Waals surface area (Å²) in [5, 5.41) is 10.3. The molecular weight excluding hydrogens is 356 g/mol. The highest BCUT2D eigenvalue weighted by Crippen LogP contribution is 2.28. The summed E-state index contributed by atoms with van der Waals surface area (Å²) in [6, 6.07) is 19.5. The summed E-state index contributed by atoms with van der Waals surface area (Å²) in [5.74, 6) is 0. The van der Waals surface area contributed by atoms with Crippen LogP contribution in [0.3, 0.4) is 0 Å². The lowest BCUT2D eigenvalue weighted by Gasteiger charge is -2.08. The average molecular weight is 372 g/mol. The molecule has 0 aliphatic heterocycles. The van der Waals surface area contributed by atoms with Gasteiger partial charge in [0.15, 0.2) is 0 Å². The van der Waals surface area contributed by atoms with E-state index in [0.717, 1.165) is 15.9 Å². The van der Waals surface area contributed by atoms with E-state index < -0.39 is 0 Å². The zero-order chi connectivity index (χ0) is 19.0. The molecule has 0 aliphatic carbocycles. The molecule has 0 atom stereocenters. The second kappa shape index (κ2) is 6.71. The lowest BCUT2D eigenvalue weighted by molar-refractivity contribution is 0.641. The molecule has 2 aromatic heterocycles. The first-order chi connectivity index (χ1) is 13.1. The predicted octanol–water partition coefficient (Wildman–Crippen LogP) is 4.16. The highest BCUT2D eigenvalue weighted by atomic mass is 32.1. The second-order valence-corrected chi connectivity index (χ2v) is 7.17. The molecule has 27 heavy (non-hydrogen) atoms. The number of hydrogen-bond donors (Lipinski definition) is 0. The molecule has 2 heterocycles. The summed E-state index contributed by atoms with van der Waals surface area (Å²) < 4.78 is 4.41. The van der Waals surface area contributed by atoms with Gasteiger partial charge in [-0.3, -0.25) is 9.48 Å². The number of benzene rings is 2. The van der Waals surface area contributed by atoms with Crippen molar-refractivity contribution in [2.75, 3.05) is 0 Å². The van der Waals surface area contributed by atoms with Crippen LogP contribution in [-0.2, 0) is 7.05 Å². The summed E-state index contributed by atoms with van der Waals surface area (Å²) in [5.41, 5.74) is 3.28. The molecule has 0 spiro atoms. The molecule has 0 N–H and O–H groups in total. The van der Waals surface area contributed by atoms with Crippen LogP contribution >= 0.6 is 11.3 Å². The van der Waals surface area contributed by atoms with E-state index in [-0.39, 0.29) is 5.56 Å². The minimum atomic E-state index is -0.100. The van der Waals surface area contributed by atoms with Gasteiger partial charge in [0.1, 0.15) is 11.1 Å². The minimum Gasteiger partial charge on any atom is -0.281 e. The van der Waals surface area contributed by atoms with E-state index in [9.17, 15) is 10.1 Å². The number of para-hydroxylation sites is 2. The van der Waals surface area contributed by atoms with Crippen molar-refractivity contribution in [2.24, 2.45) is 7.05 Å². The quantitative estimate of drug-likeness (QED) is 0.507. The van der Waals surface area contributed by atoms with Gasteiger partial charge in [0.2, 0.25) is 0 Å². The number of nitriles is 1. The van der Waals surface area contributed by atoms with Crippen LogP contribution < -0.4 is 5.56 Å². The van der Waals surface area contributed by atoms with Gasteiger partial charge in [-0.2, -0.15) is 5.26 Å². The zero-order valence-corrected chi connectivity index (χ0v) is 15.7. The Labute approximate surface area is 160 Å². The van der Waals surface area contributed by atoms with Crippen LogP contribution in [0.1, 0.15) is 16.3 Å². The zero-order valence-electron chi connectivity index (χ0n) is 14.9.